The predicted molar refractivity (Wildman–Crippen MR) is 63.0 cm³/mol. The van der Waals surface area contributed by atoms with Crippen LogP contribution in [0, 0.1) is 17.3 Å². The minimum absolute atomic E-state index is 0.0499. The monoisotopic (exact) mass is 239 g/mol. The summed E-state index contributed by atoms with van der Waals surface area (Å²) in [5.74, 6) is 0.454. The molecule has 4 heteroatoms. The normalized spacial score (nSPS) is 32.5. The molecule has 2 rings (SSSR count). The molecule has 2 unspecified atom stereocenters. The summed E-state index contributed by atoms with van der Waals surface area (Å²) in [6.45, 7) is 4.33. The lowest BCUT2D eigenvalue weighted by Crippen LogP contribution is -2.38. The molecule has 0 aromatic rings. The molecule has 0 spiro atoms. The summed E-state index contributed by atoms with van der Waals surface area (Å²) >= 11 is 0. The average molecular weight is 239 g/mol. The molecule has 0 aromatic heterocycles. The number of carbonyl (C=O) groups is 2. The molecule has 1 saturated carbocycles. The van der Waals surface area contributed by atoms with E-state index in [1.807, 2.05) is 13.8 Å². The van der Waals surface area contributed by atoms with Crippen molar-refractivity contribution in [1.29, 1.82) is 0 Å². The highest BCUT2D eigenvalue weighted by Crippen LogP contribution is 2.36. The molecule has 96 valence electrons. The van der Waals surface area contributed by atoms with Crippen LogP contribution < -0.4 is 0 Å². The number of aliphatic hydroxyl groups excluding tert-OH is 1. The van der Waals surface area contributed by atoms with Crippen molar-refractivity contribution in [2.24, 2.45) is 17.3 Å². The Balaban J connectivity index is 2.04. The zero-order valence-corrected chi connectivity index (χ0v) is 10.6. The van der Waals surface area contributed by atoms with Gasteiger partial charge in [-0.1, -0.05) is 20.3 Å². The van der Waals surface area contributed by atoms with Gasteiger partial charge < -0.3 is 5.11 Å². The first-order valence-corrected chi connectivity index (χ1v) is 6.41. The highest BCUT2D eigenvalue weighted by atomic mass is 16.3. The number of nitrogens with zero attached hydrogens (tertiary/aromatic N) is 1. The lowest BCUT2D eigenvalue weighted by Gasteiger charge is -2.24. The molecular weight excluding hydrogens is 218 g/mol. The largest absolute Gasteiger partial charge is 0.396 e. The number of likely N-dealkylation sites (tertiary alicyclic amines) is 1. The van der Waals surface area contributed by atoms with Crippen LogP contribution in [-0.2, 0) is 9.59 Å². The molecule has 0 aromatic carbocycles. The Morgan fingerprint density at radius 1 is 1.29 bits per heavy atom. The fourth-order valence-corrected chi connectivity index (χ4v) is 3.04. The fraction of sp³-hybridized carbons (Fsp3) is 0.846. The first-order chi connectivity index (χ1) is 7.95. The van der Waals surface area contributed by atoms with Crippen LogP contribution in [0.3, 0.4) is 0 Å². The molecule has 17 heavy (non-hydrogen) atoms. The van der Waals surface area contributed by atoms with Gasteiger partial charge in [-0.2, -0.15) is 0 Å². The average Bonchev–Trinajstić information content (AvgIpc) is 2.77. The Bertz CT molecular complexity index is 338. The molecule has 1 saturated heterocycles. The van der Waals surface area contributed by atoms with Gasteiger partial charge in [-0.05, 0) is 24.7 Å². The summed E-state index contributed by atoms with van der Waals surface area (Å²) in [6, 6.07) is 0. The summed E-state index contributed by atoms with van der Waals surface area (Å²) in [4.78, 5) is 25.3. The van der Waals surface area contributed by atoms with E-state index in [0.29, 0.717) is 18.9 Å². The highest BCUT2D eigenvalue weighted by molar-refractivity contribution is 6.05. The summed E-state index contributed by atoms with van der Waals surface area (Å²) in [5.41, 5.74) is -0.537. The quantitative estimate of drug-likeness (QED) is 0.752. The van der Waals surface area contributed by atoms with E-state index in [9.17, 15) is 14.7 Å². The predicted octanol–water partition coefficient (Wildman–Crippen LogP) is 1.18. The van der Waals surface area contributed by atoms with Gasteiger partial charge in [-0.25, -0.2) is 0 Å². The molecule has 1 heterocycles. The zero-order valence-electron chi connectivity index (χ0n) is 10.6. The Hall–Kier alpha value is -0.900. The van der Waals surface area contributed by atoms with Crippen LogP contribution in [0.1, 0.15) is 39.5 Å². The van der Waals surface area contributed by atoms with E-state index in [0.717, 1.165) is 19.3 Å². The minimum atomic E-state index is -0.537. The Morgan fingerprint density at radius 2 is 1.94 bits per heavy atom. The number of hydrogen-bond donors (Lipinski definition) is 1. The van der Waals surface area contributed by atoms with Gasteiger partial charge in [0.1, 0.15) is 0 Å². The van der Waals surface area contributed by atoms with Crippen LogP contribution in [0.15, 0.2) is 0 Å². The lowest BCUT2D eigenvalue weighted by atomic mass is 9.91. The van der Waals surface area contributed by atoms with E-state index in [2.05, 4.69) is 0 Å². The first-order valence-electron chi connectivity index (χ1n) is 6.41. The van der Waals surface area contributed by atoms with Crippen LogP contribution in [0.5, 0.6) is 0 Å². The zero-order chi connectivity index (χ0) is 12.6. The van der Waals surface area contributed by atoms with Crippen molar-refractivity contribution in [1.82, 2.24) is 4.90 Å². The van der Waals surface area contributed by atoms with Crippen molar-refractivity contribution in [3.8, 4) is 0 Å². The number of aliphatic hydroxyl groups is 1. The molecule has 0 bridgehead atoms. The summed E-state index contributed by atoms with van der Waals surface area (Å²) in [7, 11) is 0. The van der Waals surface area contributed by atoms with Crippen LogP contribution in [0.25, 0.3) is 0 Å². The van der Waals surface area contributed by atoms with E-state index >= 15 is 0 Å². The third-order valence-corrected chi connectivity index (χ3v) is 4.19. The molecule has 1 N–H and O–H groups in total. The third-order valence-electron chi connectivity index (χ3n) is 4.19. The maximum atomic E-state index is 12.1. The number of imide groups is 1. The number of carbonyl (C=O) groups excluding carboxylic acids is 2. The number of rotatable bonds is 3. The molecule has 0 radical (unpaired) electrons. The molecular formula is C13H21NO3. The van der Waals surface area contributed by atoms with Crippen LogP contribution in [0.2, 0.25) is 0 Å². The van der Waals surface area contributed by atoms with Gasteiger partial charge in [0.2, 0.25) is 11.8 Å². The Morgan fingerprint density at radius 3 is 2.47 bits per heavy atom. The van der Waals surface area contributed by atoms with Crippen molar-refractivity contribution >= 4 is 11.8 Å². The summed E-state index contributed by atoms with van der Waals surface area (Å²) < 4.78 is 0. The van der Waals surface area contributed by atoms with Crippen LogP contribution in [0.4, 0.5) is 0 Å². The maximum absolute atomic E-state index is 12.1. The standard InChI is InChI=1S/C13H21NO3/c1-13(2)6-11(16)14(12(13)17)7-9-4-3-5-10(9)8-15/h9-10,15H,3-8H2,1-2H3. The first kappa shape index (κ1) is 12.6. The van der Waals surface area contributed by atoms with E-state index in [-0.39, 0.29) is 24.3 Å². The van der Waals surface area contributed by atoms with Gasteiger partial charge in [-0.15, -0.1) is 0 Å². The fourth-order valence-electron chi connectivity index (χ4n) is 3.04. The lowest BCUT2D eigenvalue weighted by molar-refractivity contribution is -0.141. The van der Waals surface area contributed by atoms with E-state index in [4.69, 9.17) is 0 Å². The second-order valence-electron chi connectivity index (χ2n) is 6.00. The van der Waals surface area contributed by atoms with Crippen molar-refractivity contribution in [3.63, 3.8) is 0 Å². The summed E-state index contributed by atoms with van der Waals surface area (Å²) in [5, 5.41) is 9.26. The van der Waals surface area contributed by atoms with Crippen molar-refractivity contribution in [3.05, 3.63) is 0 Å². The van der Waals surface area contributed by atoms with Crippen LogP contribution >= 0.6 is 0 Å². The number of amides is 2. The van der Waals surface area contributed by atoms with Gasteiger partial charge in [0.05, 0.1) is 5.41 Å². The van der Waals surface area contributed by atoms with E-state index < -0.39 is 5.41 Å². The van der Waals surface area contributed by atoms with Gasteiger partial charge in [0.25, 0.3) is 0 Å². The molecule has 2 fully saturated rings. The second kappa shape index (κ2) is 4.41. The van der Waals surface area contributed by atoms with Gasteiger partial charge in [-0.3, -0.25) is 14.5 Å². The summed E-state index contributed by atoms with van der Waals surface area (Å²) in [6.07, 6.45) is 3.45. The molecule has 2 aliphatic rings. The third kappa shape index (κ3) is 2.23. The van der Waals surface area contributed by atoms with Gasteiger partial charge >= 0.3 is 0 Å². The van der Waals surface area contributed by atoms with E-state index in [1.54, 1.807) is 0 Å². The topological polar surface area (TPSA) is 57.6 Å². The van der Waals surface area contributed by atoms with Crippen LogP contribution in [-0.4, -0.2) is 35.0 Å². The molecule has 1 aliphatic carbocycles. The second-order valence-corrected chi connectivity index (χ2v) is 6.00. The van der Waals surface area contributed by atoms with E-state index in [1.165, 1.54) is 4.90 Å². The number of hydrogen-bond acceptors (Lipinski definition) is 3. The highest BCUT2D eigenvalue weighted by Gasteiger charge is 2.46. The Labute approximate surface area is 102 Å². The van der Waals surface area contributed by atoms with Crippen molar-refractivity contribution in [2.45, 2.75) is 39.5 Å². The molecule has 2 atom stereocenters. The molecule has 1 aliphatic heterocycles. The maximum Gasteiger partial charge on any atom is 0.235 e. The van der Waals surface area contributed by atoms with Gasteiger partial charge in [0, 0.05) is 19.6 Å². The Kier molecular flexibility index (Phi) is 3.25. The molecule has 4 nitrogen and oxygen atoms in total. The van der Waals surface area contributed by atoms with Gasteiger partial charge in [0.15, 0.2) is 0 Å². The smallest absolute Gasteiger partial charge is 0.235 e. The SMILES string of the molecule is CC1(C)CC(=O)N(CC2CCCC2CO)C1=O. The minimum Gasteiger partial charge on any atom is -0.396 e. The molecule has 2 amide bonds. The van der Waals surface area contributed by atoms with Crippen molar-refractivity contribution in [2.75, 3.05) is 13.2 Å². The van der Waals surface area contributed by atoms with Crippen molar-refractivity contribution < 1.29 is 14.7 Å².